The Balaban J connectivity index is 1.26. The second kappa shape index (κ2) is 7.85. The maximum absolute atomic E-state index is 13.5. The Morgan fingerprint density at radius 2 is 1.57 bits per heavy atom. The molecule has 1 aromatic rings. The van der Waals surface area contributed by atoms with Crippen LogP contribution in [0.2, 0.25) is 0 Å². The molecule has 2 heterocycles. The van der Waals surface area contributed by atoms with Crippen LogP contribution >= 0.6 is 0 Å². The van der Waals surface area contributed by atoms with E-state index in [1.54, 1.807) is 7.11 Å². The van der Waals surface area contributed by atoms with Crippen LogP contribution in [0.3, 0.4) is 0 Å². The number of carbonyl (C=O) groups is 2. The standard InChI is InChI=1S/C23H30N2O5/c1-28-16-8-6-15(7-9-16)23(10-2-3-11-23)22(27)25-18-13-30-19-17(12-29-20(18)19)24-21(26)14-4-5-14/h6-9,14,17-20H,2-5,10-13H2,1H3,(H,24,26)(H,25,27)/t17-,18-,19+,20+/m0/s1. The highest BCUT2D eigenvalue weighted by molar-refractivity contribution is 5.89. The lowest BCUT2D eigenvalue weighted by atomic mass is 9.77. The van der Waals surface area contributed by atoms with Gasteiger partial charge in [-0.3, -0.25) is 9.59 Å². The Bertz CT molecular complexity index is 800. The summed E-state index contributed by atoms with van der Waals surface area (Å²) in [5, 5.41) is 6.31. The second-order valence-corrected chi connectivity index (χ2v) is 9.08. The summed E-state index contributed by atoms with van der Waals surface area (Å²) in [6, 6.07) is 7.53. The van der Waals surface area contributed by atoms with Crippen LogP contribution in [0, 0.1) is 5.92 Å². The fourth-order valence-electron chi connectivity index (χ4n) is 5.23. The summed E-state index contributed by atoms with van der Waals surface area (Å²) in [5.74, 6) is 1.10. The van der Waals surface area contributed by atoms with Crippen LogP contribution in [0.1, 0.15) is 44.1 Å². The molecule has 0 bridgehead atoms. The lowest BCUT2D eigenvalue weighted by Gasteiger charge is -2.31. The summed E-state index contributed by atoms with van der Waals surface area (Å²) in [6.07, 6.45) is 5.30. The van der Waals surface area contributed by atoms with E-state index in [1.165, 1.54) is 0 Å². The summed E-state index contributed by atoms with van der Waals surface area (Å²) in [4.78, 5) is 25.6. The smallest absolute Gasteiger partial charge is 0.231 e. The molecule has 2 N–H and O–H groups in total. The summed E-state index contributed by atoms with van der Waals surface area (Å²) in [7, 11) is 1.64. The van der Waals surface area contributed by atoms with Crippen LogP contribution in [-0.2, 0) is 24.5 Å². The van der Waals surface area contributed by atoms with Gasteiger partial charge in [-0.15, -0.1) is 0 Å². The first kappa shape index (κ1) is 19.8. The predicted molar refractivity (Wildman–Crippen MR) is 109 cm³/mol. The Morgan fingerprint density at radius 1 is 0.967 bits per heavy atom. The van der Waals surface area contributed by atoms with Crippen molar-refractivity contribution in [2.24, 2.45) is 5.92 Å². The Labute approximate surface area is 176 Å². The van der Waals surface area contributed by atoms with Crippen molar-refractivity contribution in [3.05, 3.63) is 29.8 Å². The molecule has 2 saturated carbocycles. The van der Waals surface area contributed by atoms with E-state index in [9.17, 15) is 9.59 Å². The van der Waals surface area contributed by atoms with Crippen molar-refractivity contribution < 1.29 is 23.8 Å². The summed E-state index contributed by atoms with van der Waals surface area (Å²) in [5.41, 5.74) is 0.526. The fraction of sp³-hybridized carbons (Fsp3) is 0.652. The third-order valence-electron chi connectivity index (χ3n) is 7.18. The van der Waals surface area contributed by atoms with E-state index in [4.69, 9.17) is 14.2 Å². The summed E-state index contributed by atoms with van der Waals surface area (Å²) in [6.45, 7) is 0.847. The lowest BCUT2D eigenvalue weighted by Crippen LogP contribution is -2.51. The minimum absolute atomic E-state index is 0.0495. The number of nitrogens with one attached hydrogen (secondary N) is 2. The van der Waals surface area contributed by atoms with E-state index in [2.05, 4.69) is 10.6 Å². The lowest BCUT2D eigenvalue weighted by molar-refractivity contribution is -0.128. The molecule has 7 nitrogen and oxygen atoms in total. The molecule has 0 unspecified atom stereocenters. The van der Waals surface area contributed by atoms with E-state index in [0.717, 1.165) is 49.8 Å². The zero-order valence-corrected chi connectivity index (χ0v) is 17.4. The highest BCUT2D eigenvalue weighted by Crippen LogP contribution is 2.42. The van der Waals surface area contributed by atoms with Gasteiger partial charge in [0.25, 0.3) is 0 Å². The fourth-order valence-corrected chi connectivity index (χ4v) is 5.23. The van der Waals surface area contributed by atoms with Crippen molar-refractivity contribution in [1.29, 1.82) is 0 Å². The number of hydrogen-bond donors (Lipinski definition) is 2. The van der Waals surface area contributed by atoms with E-state index in [-0.39, 0.29) is 42.0 Å². The molecule has 0 spiro atoms. The van der Waals surface area contributed by atoms with Gasteiger partial charge in [-0.2, -0.15) is 0 Å². The molecular formula is C23H30N2O5. The molecule has 7 heteroatoms. The first-order valence-electron chi connectivity index (χ1n) is 11.1. The molecule has 2 aliphatic carbocycles. The maximum atomic E-state index is 13.5. The molecule has 4 atom stereocenters. The summed E-state index contributed by atoms with van der Waals surface area (Å²) < 4.78 is 17.2. The van der Waals surface area contributed by atoms with Gasteiger partial charge in [0.15, 0.2) is 0 Å². The SMILES string of the molecule is COc1ccc(C2(C(=O)N[C@H]3CO[C@H]4[C@@H]3OC[C@@H]4NC(=O)C3CC3)CCCC2)cc1. The second-order valence-electron chi connectivity index (χ2n) is 9.08. The van der Waals surface area contributed by atoms with E-state index in [0.29, 0.717) is 13.2 Å². The largest absolute Gasteiger partial charge is 0.497 e. The van der Waals surface area contributed by atoms with Crippen molar-refractivity contribution in [3.8, 4) is 5.75 Å². The molecule has 2 amide bonds. The number of methoxy groups -OCH3 is 1. The van der Waals surface area contributed by atoms with Gasteiger partial charge in [-0.05, 0) is 43.4 Å². The normalized spacial score (nSPS) is 31.9. The van der Waals surface area contributed by atoms with Crippen molar-refractivity contribution in [2.75, 3.05) is 20.3 Å². The third kappa shape index (κ3) is 3.48. The number of carbonyl (C=O) groups excluding carboxylic acids is 2. The molecule has 0 radical (unpaired) electrons. The number of hydrogen-bond acceptors (Lipinski definition) is 5. The molecule has 2 saturated heterocycles. The van der Waals surface area contributed by atoms with Crippen LogP contribution in [0.25, 0.3) is 0 Å². The van der Waals surface area contributed by atoms with Crippen LogP contribution in [0.15, 0.2) is 24.3 Å². The Hall–Kier alpha value is -2.12. The first-order valence-corrected chi connectivity index (χ1v) is 11.1. The van der Waals surface area contributed by atoms with Crippen molar-refractivity contribution in [1.82, 2.24) is 10.6 Å². The minimum atomic E-state index is -0.511. The van der Waals surface area contributed by atoms with E-state index >= 15 is 0 Å². The van der Waals surface area contributed by atoms with Gasteiger partial charge in [0, 0.05) is 5.92 Å². The van der Waals surface area contributed by atoms with Gasteiger partial charge < -0.3 is 24.8 Å². The van der Waals surface area contributed by atoms with Crippen molar-refractivity contribution in [2.45, 2.75) is 68.2 Å². The van der Waals surface area contributed by atoms with Crippen LogP contribution in [0.5, 0.6) is 5.75 Å². The first-order chi connectivity index (χ1) is 14.6. The molecular weight excluding hydrogens is 384 g/mol. The van der Waals surface area contributed by atoms with Gasteiger partial charge in [-0.1, -0.05) is 25.0 Å². The van der Waals surface area contributed by atoms with Gasteiger partial charge in [0.05, 0.1) is 37.8 Å². The molecule has 30 heavy (non-hydrogen) atoms. The van der Waals surface area contributed by atoms with Gasteiger partial charge >= 0.3 is 0 Å². The number of fused-ring (bicyclic) bond motifs is 1. The van der Waals surface area contributed by atoms with E-state index < -0.39 is 5.41 Å². The van der Waals surface area contributed by atoms with Gasteiger partial charge in [-0.25, -0.2) is 0 Å². The molecule has 162 valence electrons. The van der Waals surface area contributed by atoms with Gasteiger partial charge in [0.2, 0.25) is 11.8 Å². The van der Waals surface area contributed by atoms with Gasteiger partial charge in [0.1, 0.15) is 18.0 Å². The molecule has 5 rings (SSSR count). The van der Waals surface area contributed by atoms with Crippen molar-refractivity contribution >= 4 is 11.8 Å². The Morgan fingerprint density at radius 3 is 2.13 bits per heavy atom. The zero-order chi connectivity index (χ0) is 20.7. The molecule has 1 aromatic carbocycles. The Kier molecular flexibility index (Phi) is 5.19. The zero-order valence-electron chi connectivity index (χ0n) is 17.4. The topological polar surface area (TPSA) is 85.9 Å². The predicted octanol–water partition coefficient (Wildman–Crippen LogP) is 1.68. The molecule has 2 aliphatic heterocycles. The van der Waals surface area contributed by atoms with Crippen LogP contribution in [-0.4, -0.2) is 56.4 Å². The number of benzene rings is 1. The van der Waals surface area contributed by atoms with E-state index in [1.807, 2.05) is 24.3 Å². The monoisotopic (exact) mass is 414 g/mol. The average molecular weight is 415 g/mol. The molecule has 4 aliphatic rings. The number of rotatable bonds is 6. The number of ether oxygens (including phenoxy) is 3. The highest BCUT2D eigenvalue weighted by Gasteiger charge is 2.51. The molecule has 0 aromatic heterocycles. The summed E-state index contributed by atoms with van der Waals surface area (Å²) >= 11 is 0. The highest BCUT2D eigenvalue weighted by atomic mass is 16.6. The molecule has 4 fully saturated rings. The quantitative estimate of drug-likeness (QED) is 0.740. The third-order valence-corrected chi connectivity index (χ3v) is 7.18. The van der Waals surface area contributed by atoms with Crippen LogP contribution in [0.4, 0.5) is 0 Å². The van der Waals surface area contributed by atoms with Crippen LogP contribution < -0.4 is 15.4 Å². The minimum Gasteiger partial charge on any atom is -0.497 e. The van der Waals surface area contributed by atoms with Crippen molar-refractivity contribution in [3.63, 3.8) is 0 Å². The maximum Gasteiger partial charge on any atom is 0.231 e. The number of amides is 2. The average Bonchev–Trinajstić information content (AvgIpc) is 3.18.